The molecule has 0 aliphatic rings. The molecule has 0 bridgehead atoms. The van der Waals surface area contributed by atoms with E-state index in [-0.39, 0.29) is 0 Å². The van der Waals surface area contributed by atoms with Crippen molar-refractivity contribution in [1.82, 2.24) is 10.3 Å². The molecule has 0 spiro atoms. The first kappa shape index (κ1) is 15.8. The van der Waals surface area contributed by atoms with Gasteiger partial charge < -0.3 is 10.1 Å². The number of ether oxygens (including phenoxy) is 1. The minimum absolute atomic E-state index is 0.494. The number of aromatic nitrogens is 1. The minimum atomic E-state index is 0.494. The molecule has 0 aliphatic carbocycles. The fraction of sp³-hybridized carbons (Fsp3) is 0.500. The van der Waals surface area contributed by atoms with Gasteiger partial charge in [0.15, 0.2) is 0 Å². The van der Waals surface area contributed by atoms with Crippen LogP contribution in [0.15, 0.2) is 30.3 Å². The predicted octanol–water partition coefficient (Wildman–Crippen LogP) is 4.02. The van der Waals surface area contributed by atoms with Crippen LogP contribution >= 0.6 is 0 Å². The van der Waals surface area contributed by atoms with Gasteiger partial charge in [-0.05, 0) is 35.9 Å². The van der Waals surface area contributed by atoms with E-state index >= 15 is 0 Å². The van der Waals surface area contributed by atoms with Gasteiger partial charge in [0.2, 0.25) is 5.88 Å². The maximum Gasteiger partial charge on any atom is 0.221 e. The molecule has 114 valence electrons. The van der Waals surface area contributed by atoms with Gasteiger partial charge in [0.1, 0.15) is 0 Å². The van der Waals surface area contributed by atoms with Gasteiger partial charge in [0.25, 0.3) is 0 Å². The largest absolute Gasteiger partial charge is 0.477 e. The molecule has 0 saturated carbocycles. The second-order valence-electron chi connectivity index (χ2n) is 6.37. The van der Waals surface area contributed by atoms with Crippen molar-refractivity contribution in [3.8, 4) is 5.88 Å². The van der Waals surface area contributed by atoms with Gasteiger partial charge >= 0.3 is 0 Å². The van der Waals surface area contributed by atoms with Crippen molar-refractivity contribution < 1.29 is 4.74 Å². The molecule has 0 fully saturated rings. The number of nitrogens with one attached hydrogen (secondary N) is 1. The van der Waals surface area contributed by atoms with E-state index in [1.807, 2.05) is 6.07 Å². The second-order valence-corrected chi connectivity index (χ2v) is 6.37. The van der Waals surface area contributed by atoms with E-state index < -0.39 is 0 Å². The standard InChI is InChI=1S/C18H26N2O/c1-13(2)10-19-11-16-9-15-7-5-6-8-17(15)18(20-16)21-12-14(3)4/h5-9,13-14,19H,10-12H2,1-4H3. The highest BCUT2D eigenvalue weighted by atomic mass is 16.5. The molecule has 1 aromatic carbocycles. The molecule has 3 heteroatoms. The van der Waals surface area contributed by atoms with Crippen molar-refractivity contribution in [2.75, 3.05) is 13.2 Å². The highest BCUT2D eigenvalue weighted by Crippen LogP contribution is 2.25. The Kier molecular flexibility index (Phi) is 5.57. The highest BCUT2D eigenvalue weighted by molar-refractivity contribution is 5.87. The lowest BCUT2D eigenvalue weighted by Crippen LogP contribution is -2.19. The molecule has 0 amide bonds. The fourth-order valence-corrected chi connectivity index (χ4v) is 2.16. The summed E-state index contributed by atoms with van der Waals surface area (Å²) >= 11 is 0. The number of benzene rings is 1. The molecule has 1 N–H and O–H groups in total. The normalized spacial score (nSPS) is 11.5. The first-order valence-corrected chi connectivity index (χ1v) is 7.78. The summed E-state index contributed by atoms with van der Waals surface area (Å²) < 4.78 is 5.91. The topological polar surface area (TPSA) is 34.1 Å². The van der Waals surface area contributed by atoms with Crippen molar-refractivity contribution in [3.63, 3.8) is 0 Å². The zero-order chi connectivity index (χ0) is 15.2. The predicted molar refractivity (Wildman–Crippen MR) is 88.6 cm³/mol. The van der Waals surface area contributed by atoms with Crippen LogP contribution in [0.5, 0.6) is 5.88 Å². The Labute approximate surface area is 127 Å². The Morgan fingerprint density at radius 2 is 1.86 bits per heavy atom. The van der Waals surface area contributed by atoms with E-state index in [4.69, 9.17) is 4.74 Å². The number of pyridine rings is 1. The molecule has 0 aliphatic heterocycles. The lowest BCUT2D eigenvalue weighted by atomic mass is 10.1. The highest BCUT2D eigenvalue weighted by Gasteiger charge is 2.08. The molecule has 1 aromatic heterocycles. The molecule has 0 unspecified atom stereocenters. The van der Waals surface area contributed by atoms with E-state index in [1.165, 1.54) is 5.39 Å². The van der Waals surface area contributed by atoms with Crippen LogP contribution in [0.2, 0.25) is 0 Å². The molecule has 0 radical (unpaired) electrons. The smallest absolute Gasteiger partial charge is 0.221 e. The average Bonchev–Trinajstić information content (AvgIpc) is 2.44. The molecule has 0 saturated heterocycles. The Morgan fingerprint density at radius 1 is 1.10 bits per heavy atom. The minimum Gasteiger partial charge on any atom is -0.477 e. The summed E-state index contributed by atoms with van der Waals surface area (Å²) in [6.07, 6.45) is 0. The molecule has 3 nitrogen and oxygen atoms in total. The van der Waals surface area contributed by atoms with E-state index in [0.717, 1.165) is 30.0 Å². The van der Waals surface area contributed by atoms with Crippen LogP contribution in [0.1, 0.15) is 33.4 Å². The van der Waals surface area contributed by atoms with E-state index in [0.29, 0.717) is 18.4 Å². The number of fused-ring (bicyclic) bond motifs is 1. The summed E-state index contributed by atoms with van der Waals surface area (Å²) in [7, 11) is 0. The number of rotatable bonds is 7. The number of nitrogens with zero attached hydrogens (tertiary/aromatic N) is 1. The van der Waals surface area contributed by atoms with Crippen LogP contribution in [0.4, 0.5) is 0 Å². The first-order chi connectivity index (χ1) is 10.1. The van der Waals surface area contributed by atoms with Crippen molar-refractivity contribution in [1.29, 1.82) is 0 Å². The Balaban J connectivity index is 2.22. The van der Waals surface area contributed by atoms with Crippen LogP contribution in [-0.2, 0) is 6.54 Å². The van der Waals surface area contributed by atoms with Gasteiger partial charge in [-0.15, -0.1) is 0 Å². The summed E-state index contributed by atoms with van der Waals surface area (Å²) in [6.45, 7) is 11.2. The zero-order valence-corrected chi connectivity index (χ0v) is 13.5. The van der Waals surface area contributed by atoms with Gasteiger partial charge in [0.05, 0.1) is 12.3 Å². The summed E-state index contributed by atoms with van der Waals surface area (Å²) in [6, 6.07) is 10.4. The second kappa shape index (κ2) is 7.41. The summed E-state index contributed by atoms with van der Waals surface area (Å²) in [5, 5.41) is 5.72. The maximum atomic E-state index is 5.91. The van der Waals surface area contributed by atoms with Gasteiger partial charge in [0, 0.05) is 11.9 Å². The van der Waals surface area contributed by atoms with Crippen molar-refractivity contribution in [2.24, 2.45) is 11.8 Å². The zero-order valence-electron chi connectivity index (χ0n) is 13.5. The van der Waals surface area contributed by atoms with Gasteiger partial charge in [-0.2, -0.15) is 0 Å². The van der Waals surface area contributed by atoms with Gasteiger partial charge in [-0.3, -0.25) is 0 Å². The summed E-state index contributed by atoms with van der Waals surface area (Å²) in [5.74, 6) is 1.89. The Morgan fingerprint density at radius 3 is 2.57 bits per heavy atom. The van der Waals surface area contributed by atoms with Gasteiger partial charge in [-0.25, -0.2) is 4.98 Å². The van der Waals surface area contributed by atoms with Gasteiger partial charge in [-0.1, -0.05) is 45.9 Å². The Bertz CT molecular complexity index is 578. The molecular formula is C18H26N2O. The molecule has 2 rings (SSSR count). The number of hydrogen-bond donors (Lipinski definition) is 1. The van der Waals surface area contributed by atoms with Crippen LogP contribution in [-0.4, -0.2) is 18.1 Å². The Hall–Kier alpha value is -1.61. The summed E-state index contributed by atoms with van der Waals surface area (Å²) in [5.41, 5.74) is 1.04. The quantitative estimate of drug-likeness (QED) is 0.835. The van der Waals surface area contributed by atoms with Crippen LogP contribution in [0.25, 0.3) is 10.8 Å². The SMILES string of the molecule is CC(C)CNCc1cc2ccccc2c(OCC(C)C)n1. The van der Waals surface area contributed by atoms with Crippen LogP contribution in [0.3, 0.4) is 0 Å². The molecule has 21 heavy (non-hydrogen) atoms. The lowest BCUT2D eigenvalue weighted by molar-refractivity contribution is 0.264. The molecule has 0 atom stereocenters. The molecule has 2 aromatic rings. The van der Waals surface area contributed by atoms with Crippen molar-refractivity contribution >= 4 is 10.8 Å². The third-order valence-electron chi connectivity index (χ3n) is 3.17. The molecular weight excluding hydrogens is 260 g/mol. The lowest BCUT2D eigenvalue weighted by Gasteiger charge is -2.13. The monoisotopic (exact) mass is 286 g/mol. The first-order valence-electron chi connectivity index (χ1n) is 7.78. The van der Waals surface area contributed by atoms with Crippen molar-refractivity contribution in [2.45, 2.75) is 34.2 Å². The third kappa shape index (κ3) is 4.71. The fourth-order valence-electron chi connectivity index (χ4n) is 2.16. The van der Waals surface area contributed by atoms with Crippen LogP contribution < -0.4 is 10.1 Å². The van der Waals surface area contributed by atoms with E-state index in [9.17, 15) is 0 Å². The summed E-state index contributed by atoms with van der Waals surface area (Å²) in [4.78, 5) is 4.68. The van der Waals surface area contributed by atoms with Crippen molar-refractivity contribution in [3.05, 3.63) is 36.0 Å². The average molecular weight is 286 g/mol. The molecule has 1 heterocycles. The van der Waals surface area contributed by atoms with Crippen LogP contribution in [0, 0.1) is 11.8 Å². The van der Waals surface area contributed by atoms with E-state index in [1.54, 1.807) is 0 Å². The number of hydrogen-bond acceptors (Lipinski definition) is 3. The third-order valence-corrected chi connectivity index (χ3v) is 3.17. The maximum absolute atomic E-state index is 5.91. The van der Waals surface area contributed by atoms with E-state index in [2.05, 4.69) is 62.3 Å².